The summed E-state index contributed by atoms with van der Waals surface area (Å²) in [6, 6.07) is 5.37. The number of hydrogen-bond donors (Lipinski definition) is 1. The predicted octanol–water partition coefficient (Wildman–Crippen LogP) is 3.84. The van der Waals surface area contributed by atoms with Crippen LogP contribution in [0.3, 0.4) is 0 Å². The van der Waals surface area contributed by atoms with E-state index in [1.807, 2.05) is 6.92 Å². The molecule has 1 aromatic rings. The van der Waals surface area contributed by atoms with Gasteiger partial charge in [0.2, 0.25) is 11.8 Å². The monoisotopic (exact) mass is 588 g/mol. The summed E-state index contributed by atoms with van der Waals surface area (Å²) < 4.78 is 16.4. The number of amides is 4. The first-order chi connectivity index (χ1) is 19.8. The molecule has 234 valence electrons. The first kappa shape index (κ1) is 33.2. The molecule has 1 N–H and O–H groups in total. The lowest BCUT2D eigenvalue weighted by Crippen LogP contribution is -2.53. The lowest BCUT2D eigenvalue weighted by atomic mass is 9.87. The number of ether oxygens (including phenoxy) is 3. The maximum absolute atomic E-state index is 14.1. The number of likely N-dealkylation sites (tertiary alicyclic amines) is 1. The van der Waals surface area contributed by atoms with Crippen LogP contribution in [0.5, 0.6) is 5.75 Å². The molecule has 1 fully saturated rings. The Bertz CT molecular complexity index is 1120. The van der Waals surface area contributed by atoms with E-state index in [4.69, 9.17) is 14.2 Å². The topological polar surface area (TPSA) is 118 Å². The van der Waals surface area contributed by atoms with Crippen LogP contribution in [0.4, 0.5) is 16.2 Å². The average Bonchev–Trinajstić information content (AvgIpc) is 2.93. The molecular weight excluding hydrogens is 540 g/mol. The van der Waals surface area contributed by atoms with E-state index in [0.717, 1.165) is 6.42 Å². The van der Waals surface area contributed by atoms with Crippen molar-refractivity contribution in [1.29, 1.82) is 0 Å². The highest BCUT2D eigenvalue weighted by atomic mass is 16.6. The molecule has 0 aliphatic carbocycles. The number of carbonyl (C=O) groups is 4. The molecule has 42 heavy (non-hydrogen) atoms. The van der Waals surface area contributed by atoms with Crippen LogP contribution >= 0.6 is 0 Å². The summed E-state index contributed by atoms with van der Waals surface area (Å²) in [5.74, 6) is -0.658. The van der Waals surface area contributed by atoms with Crippen LogP contribution in [0.25, 0.3) is 0 Å². The maximum Gasteiger partial charge on any atom is 0.410 e. The van der Waals surface area contributed by atoms with E-state index in [-0.39, 0.29) is 37.4 Å². The van der Waals surface area contributed by atoms with E-state index in [1.54, 1.807) is 55.9 Å². The number of nitrogens with zero attached hydrogens (tertiary/aromatic N) is 3. The van der Waals surface area contributed by atoms with Gasteiger partial charge >= 0.3 is 6.09 Å². The second-order valence-corrected chi connectivity index (χ2v) is 12.4. The van der Waals surface area contributed by atoms with E-state index in [2.05, 4.69) is 19.2 Å². The fourth-order valence-electron chi connectivity index (χ4n) is 5.23. The molecule has 0 aromatic heterocycles. The molecule has 1 aromatic carbocycles. The first-order valence-electron chi connectivity index (χ1n) is 15.0. The Morgan fingerprint density at radius 1 is 1.17 bits per heavy atom. The van der Waals surface area contributed by atoms with Gasteiger partial charge in [0.05, 0.1) is 17.5 Å². The van der Waals surface area contributed by atoms with Gasteiger partial charge in [-0.15, -0.1) is 0 Å². The smallest absolute Gasteiger partial charge is 0.410 e. The summed E-state index contributed by atoms with van der Waals surface area (Å²) >= 11 is 0. The van der Waals surface area contributed by atoms with Gasteiger partial charge in [-0.25, -0.2) is 4.79 Å². The van der Waals surface area contributed by atoms with Crippen molar-refractivity contribution in [2.24, 2.45) is 17.8 Å². The van der Waals surface area contributed by atoms with Gasteiger partial charge < -0.3 is 34.2 Å². The van der Waals surface area contributed by atoms with Crippen molar-refractivity contribution in [3.8, 4) is 5.75 Å². The normalized spacial score (nSPS) is 18.8. The molecule has 1 saturated heterocycles. The van der Waals surface area contributed by atoms with Crippen LogP contribution in [-0.4, -0.2) is 87.4 Å². The molecule has 2 aliphatic heterocycles. The molecule has 0 saturated carbocycles. The van der Waals surface area contributed by atoms with Crippen LogP contribution in [0.2, 0.25) is 0 Å². The van der Waals surface area contributed by atoms with Gasteiger partial charge in [-0.05, 0) is 71.1 Å². The van der Waals surface area contributed by atoms with Gasteiger partial charge in [-0.2, -0.15) is 0 Å². The number of rotatable bonds is 11. The van der Waals surface area contributed by atoms with Crippen molar-refractivity contribution in [3.05, 3.63) is 18.2 Å². The third-order valence-electron chi connectivity index (χ3n) is 7.35. The van der Waals surface area contributed by atoms with E-state index >= 15 is 0 Å². The Morgan fingerprint density at radius 3 is 2.52 bits per heavy atom. The first-order valence-corrected chi connectivity index (χ1v) is 15.0. The van der Waals surface area contributed by atoms with E-state index in [0.29, 0.717) is 62.1 Å². The molecule has 0 spiro atoms. The Kier molecular flexibility index (Phi) is 11.6. The molecule has 0 radical (unpaired) electrons. The van der Waals surface area contributed by atoms with E-state index < -0.39 is 23.5 Å². The molecular formula is C31H48N4O7. The second kappa shape index (κ2) is 14.7. The number of benzene rings is 1. The molecule has 2 atom stereocenters. The van der Waals surface area contributed by atoms with E-state index in [1.165, 1.54) is 4.90 Å². The van der Waals surface area contributed by atoms with Crippen molar-refractivity contribution in [1.82, 2.24) is 10.2 Å². The third-order valence-corrected chi connectivity index (χ3v) is 7.35. The highest BCUT2D eigenvalue weighted by molar-refractivity contribution is 6.01. The fraction of sp³-hybridized carbons (Fsp3) is 0.677. The zero-order valence-corrected chi connectivity index (χ0v) is 26.2. The standard InChI is InChI=1S/C31H48N4O7/c1-8-34(24-10-11-26-25(17-24)35(14-9-15-40-7)27(36)20-41-26)29(38)23-16-22(28(37)32-13-12-21(2)3)18-33(19-23)30(39)42-31(4,5)6/h10-11,17,21-23H,8-9,12-16,18-20H2,1-7H3,(H,32,37)/t22-,23-/m0/s1. The van der Waals surface area contributed by atoms with Gasteiger partial charge in [0.1, 0.15) is 11.4 Å². The predicted molar refractivity (Wildman–Crippen MR) is 161 cm³/mol. The Labute approximate surface area is 249 Å². The molecule has 2 aliphatic rings. The lowest BCUT2D eigenvalue weighted by molar-refractivity contribution is -0.130. The number of methoxy groups -OCH3 is 1. The van der Waals surface area contributed by atoms with Gasteiger partial charge in [-0.1, -0.05) is 13.8 Å². The van der Waals surface area contributed by atoms with Gasteiger partial charge in [0, 0.05) is 52.1 Å². The summed E-state index contributed by atoms with van der Waals surface area (Å²) in [4.78, 5) is 57.8. The Morgan fingerprint density at radius 2 is 1.88 bits per heavy atom. The van der Waals surface area contributed by atoms with Gasteiger partial charge in [-0.3, -0.25) is 14.4 Å². The summed E-state index contributed by atoms with van der Waals surface area (Å²) in [5.41, 5.74) is 0.507. The summed E-state index contributed by atoms with van der Waals surface area (Å²) in [6.45, 7) is 13.6. The van der Waals surface area contributed by atoms with Crippen LogP contribution in [0.1, 0.15) is 60.8 Å². The van der Waals surface area contributed by atoms with Crippen LogP contribution in [0.15, 0.2) is 18.2 Å². The SMILES string of the molecule is CCN(C(=O)[C@H]1C[C@H](C(=O)NCCC(C)C)CN(C(=O)OC(C)(C)C)C1)c1ccc2c(c1)N(CCCOC)C(=O)CO2. The summed E-state index contributed by atoms with van der Waals surface area (Å²) in [7, 11) is 1.62. The van der Waals surface area contributed by atoms with Crippen molar-refractivity contribution < 1.29 is 33.4 Å². The zero-order valence-electron chi connectivity index (χ0n) is 26.2. The molecule has 11 nitrogen and oxygen atoms in total. The molecule has 0 bridgehead atoms. The van der Waals surface area contributed by atoms with Crippen molar-refractivity contribution in [2.75, 3.05) is 62.8 Å². The lowest BCUT2D eigenvalue weighted by Gasteiger charge is -2.39. The zero-order chi connectivity index (χ0) is 31.0. The van der Waals surface area contributed by atoms with E-state index in [9.17, 15) is 19.2 Å². The second-order valence-electron chi connectivity index (χ2n) is 12.4. The third kappa shape index (κ3) is 8.83. The van der Waals surface area contributed by atoms with Crippen LogP contribution in [-0.2, 0) is 23.9 Å². The number of hydrogen-bond acceptors (Lipinski definition) is 7. The molecule has 0 unspecified atom stereocenters. The largest absolute Gasteiger partial charge is 0.482 e. The molecule has 2 heterocycles. The number of nitrogens with one attached hydrogen (secondary N) is 1. The van der Waals surface area contributed by atoms with Crippen molar-refractivity contribution in [2.45, 2.75) is 66.4 Å². The van der Waals surface area contributed by atoms with Crippen LogP contribution in [0, 0.1) is 17.8 Å². The van der Waals surface area contributed by atoms with Crippen molar-refractivity contribution in [3.63, 3.8) is 0 Å². The Hall–Kier alpha value is -3.34. The molecule has 3 rings (SSSR count). The summed E-state index contributed by atoms with van der Waals surface area (Å²) in [6.07, 6.45) is 1.27. The Balaban J connectivity index is 1.85. The number of anilines is 2. The number of piperidine rings is 1. The fourth-order valence-corrected chi connectivity index (χ4v) is 5.23. The van der Waals surface area contributed by atoms with Gasteiger partial charge in [0.15, 0.2) is 6.61 Å². The minimum atomic E-state index is -0.712. The quantitative estimate of drug-likeness (QED) is 0.391. The van der Waals surface area contributed by atoms with Crippen LogP contribution < -0.4 is 19.9 Å². The number of fused-ring (bicyclic) bond motifs is 1. The highest BCUT2D eigenvalue weighted by Crippen LogP contribution is 2.37. The number of carbonyl (C=O) groups excluding carboxylic acids is 4. The summed E-state index contributed by atoms with van der Waals surface area (Å²) in [5, 5.41) is 2.99. The molecule has 11 heteroatoms. The maximum atomic E-state index is 14.1. The minimum absolute atomic E-state index is 0.0427. The van der Waals surface area contributed by atoms with Crippen molar-refractivity contribution >= 4 is 35.2 Å². The molecule has 4 amide bonds. The minimum Gasteiger partial charge on any atom is -0.482 e. The highest BCUT2D eigenvalue weighted by Gasteiger charge is 2.40. The van der Waals surface area contributed by atoms with Gasteiger partial charge in [0.25, 0.3) is 5.91 Å². The average molecular weight is 589 g/mol.